The minimum absolute atomic E-state index is 0.194. The highest BCUT2D eigenvalue weighted by molar-refractivity contribution is 7.92. The molecule has 1 aromatic carbocycles. The zero-order valence-corrected chi connectivity index (χ0v) is 18.5. The SMILES string of the molecule is CCCS(=O)(=O)Nc1ccc(F)c(C(=O)Nc2cnc3[nH]nc(N4CCOCC4)c3c2)c1F. The Labute approximate surface area is 188 Å². The molecule has 1 fully saturated rings. The van der Waals surface area contributed by atoms with Gasteiger partial charge in [0.1, 0.15) is 11.4 Å². The maximum absolute atomic E-state index is 14.9. The van der Waals surface area contributed by atoms with Crippen LogP contribution >= 0.6 is 0 Å². The highest BCUT2D eigenvalue weighted by atomic mass is 32.2. The minimum atomic E-state index is -3.83. The summed E-state index contributed by atoms with van der Waals surface area (Å²) >= 11 is 0. The van der Waals surface area contributed by atoms with Crippen molar-refractivity contribution in [1.29, 1.82) is 0 Å². The lowest BCUT2D eigenvalue weighted by molar-refractivity contribution is 0.101. The molecular weight excluding hydrogens is 458 g/mol. The van der Waals surface area contributed by atoms with Gasteiger partial charge in [0.05, 0.1) is 41.9 Å². The predicted molar refractivity (Wildman–Crippen MR) is 119 cm³/mol. The van der Waals surface area contributed by atoms with Crippen LogP contribution in [0.4, 0.5) is 26.0 Å². The van der Waals surface area contributed by atoms with Crippen molar-refractivity contribution in [2.75, 3.05) is 47.0 Å². The number of sulfonamides is 1. The number of ether oxygens (including phenoxy) is 1. The van der Waals surface area contributed by atoms with Crippen LogP contribution in [0.3, 0.4) is 0 Å². The van der Waals surface area contributed by atoms with Crippen LogP contribution in [-0.2, 0) is 14.8 Å². The van der Waals surface area contributed by atoms with E-state index < -0.39 is 38.8 Å². The third-order valence-electron chi connectivity index (χ3n) is 5.02. The number of hydrogen-bond donors (Lipinski definition) is 3. The second-order valence-corrected chi connectivity index (χ2v) is 9.27. The van der Waals surface area contributed by atoms with Crippen LogP contribution in [0.1, 0.15) is 23.7 Å². The quantitative estimate of drug-likeness (QED) is 0.474. The van der Waals surface area contributed by atoms with Crippen LogP contribution in [0, 0.1) is 11.6 Å². The molecule has 33 heavy (non-hydrogen) atoms. The summed E-state index contributed by atoms with van der Waals surface area (Å²) in [6.07, 6.45) is 1.63. The summed E-state index contributed by atoms with van der Waals surface area (Å²) in [4.78, 5) is 18.9. The Hall–Kier alpha value is -3.32. The molecule has 10 nitrogen and oxygen atoms in total. The molecule has 0 aliphatic carbocycles. The van der Waals surface area contributed by atoms with Crippen molar-refractivity contribution in [2.45, 2.75) is 13.3 Å². The summed E-state index contributed by atoms with van der Waals surface area (Å²) in [7, 11) is -3.83. The van der Waals surface area contributed by atoms with Gasteiger partial charge in [-0.25, -0.2) is 22.2 Å². The molecule has 3 N–H and O–H groups in total. The molecule has 0 atom stereocenters. The molecule has 1 aliphatic heterocycles. The third-order valence-corrected chi connectivity index (χ3v) is 6.50. The Morgan fingerprint density at radius 3 is 2.76 bits per heavy atom. The summed E-state index contributed by atoms with van der Waals surface area (Å²) in [5, 5.41) is 10.1. The van der Waals surface area contributed by atoms with Gasteiger partial charge in [0, 0.05) is 13.1 Å². The summed E-state index contributed by atoms with van der Waals surface area (Å²) in [5.74, 6) is -3.14. The van der Waals surface area contributed by atoms with Gasteiger partial charge < -0.3 is 15.0 Å². The number of rotatable bonds is 7. The van der Waals surface area contributed by atoms with E-state index in [1.165, 1.54) is 6.20 Å². The van der Waals surface area contributed by atoms with E-state index in [0.717, 1.165) is 12.1 Å². The van der Waals surface area contributed by atoms with Crippen LogP contribution < -0.4 is 14.9 Å². The number of aromatic amines is 1. The van der Waals surface area contributed by atoms with Gasteiger partial charge >= 0.3 is 0 Å². The average Bonchev–Trinajstić information content (AvgIpc) is 3.19. The molecular formula is C20H22F2N6O4S. The van der Waals surface area contributed by atoms with Gasteiger partial charge in [0.25, 0.3) is 5.91 Å². The number of H-pyrrole nitrogens is 1. The number of halogens is 2. The molecule has 3 aromatic rings. The van der Waals surface area contributed by atoms with E-state index >= 15 is 0 Å². The van der Waals surface area contributed by atoms with Crippen molar-refractivity contribution in [3.63, 3.8) is 0 Å². The standard InChI is InChI=1S/C20H22F2N6O4S/c1-2-9-33(30,31)27-15-4-3-14(21)16(17(15)22)20(29)24-12-10-13-18(23-11-12)25-26-19(13)28-5-7-32-8-6-28/h3-4,10-11,27H,2,5-9H2,1H3,(H,24,29)(H,23,25,26). The molecule has 0 bridgehead atoms. The molecule has 0 saturated carbocycles. The first-order chi connectivity index (χ1) is 15.8. The van der Waals surface area contributed by atoms with Crippen LogP contribution in [-0.4, -0.2) is 61.6 Å². The van der Waals surface area contributed by atoms with Crippen LogP contribution in [0.25, 0.3) is 11.0 Å². The Morgan fingerprint density at radius 2 is 2.03 bits per heavy atom. The van der Waals surface area contributed by atoms with Gasteiger partial charge in [-0.2, -0.15) is 5.10 Å². The maximum Gasteiger partial charge on any atom is 0.261 e. The number of anilines is 3. The van der Waals surface area contributed by atoms with Gasteiger partial charge in [-0.1, -0.05) is 6.92 Å². The van der Waals surface area contributed by atoms with Gasteiger partial charge in [-0.3, -0.25) is 14.6 Å². The van der Waals surface area contributed by atoms with Crippen molar-refractivity contribution >= 4 is 44.2 Å². The fraction of sp³-hybridized carbons (Fsp3) is 0.350. The summed E-state index contributed by atoms with van der Waals surface area (Å²) in [5.41, 5.74) is -0.737. The number of carbonyl (C=O) groups is 1. The van der Waals surface area contributed by atoms with Crippen molar-refractivity contribution in [2.24, 2.45) is 0 Å². The maximum atomic E-state index is 14.9. The van der Waals surface area contributed by atoms with Crippen molar-refractivity contribution in [1.82, 2.24) is 15.2 Å². The van der Waals surface area contributed by atoms with Crippen molar-refractivity contribution in [3.8, 4) is 0 Å². The predicted octanol–water partition coefficient (Wildman–Crippen LogP) is 2.48. The average molecular weight is 480 g/mol. The molecule has 1 aliphatic rings. The fourth-order valence-corrected chi connectivity index (χ4v) is 4.63. The van der Waals surface area contributed by atoms with E-state index in [1.807, 2.05) is 9.62 Å². The van der Waals surface area contributed by atoms with Crippen LogP contribution in [0.2, 0.25) is 0 Å². The third kappa shape index (κ3) is 4.88. The normalized spacial score (nSPS) is 14.5. The number of hydrogen-bond acceptors (Lipinski definition) is 7. The van der Waals surface area contributed by atoms with Gasteiger partial charge in [0.2, 0.25) is 10.0 Å². The molecule has 4 rings (SSSR count). The van der Waals surface area contributed by atoms with Crippen LogP contribution in [0.5, 0.6) is 0 Å². The first kappa shape index (κ1) is 22.9. The summed E-state index contributed by atoms with van der Waals surface area (Å²) in [6, 6.07) is 3.36. The van der Waals surface area contributed by atoms with E-state index in [2.05, 4.69) is 20.5 Å². The zero-order valence-electron chi connectivity index (χ0n) is 17.7. The van der Waals surface area contributed by atoms with E-state index in [1.54, 1.807) is 13.0 Å². The number of aromatic nitrogens is 3. The van der Waals surface area contributed by atoms with Gasteiger partial charge in [-0.15, -0.1) is 0 Å². The number of morpholine rings is 1. The number of carbonyl (C=O) groups excluding carboxylic acids is 1. The van der Waals surface area contributed by atoms with E-state index in [9.17, 15) is 22.0 Å². The first-order valence-corrected chi connectivity index (χ1v) is 11.9. The Balaban J connectivity index is 1.61. The Bertz CT molecular complexity index is 1290. The number of pyridine rings is 1. The second kappa shape index (κ2) is 9.27. The highest BCUT2D eigenvalue weighted by Crippen LogP contribution is 2.27. The molecule has 0 radical (unpaired) electrons. The fourth-order valence-electron chi connectivity index (χ4n) is 3.50. The molecule has 176 valence electrons. The molecule has 2 aromatic heterocycles. The van der Waals surface area contributed by atoms with Gasteiger partial charge in [0.15, 0.2) is 17.3 Å². The summed E-state index contributed by atoms with van der Waals surface area (Å²) in [6.45, 7) is 4.01. The lowest BCUT2D eigenvalue weighted by Gasteiger charge is -2.26. The lowest BCUT2D eigenvalue weighted by atomic mass is 10.1. The molecule has 1 saturated heterocycles. The number of benzene rings is 1. The van der Waals surface area contributed by atoms with E-state index in [0.29, 0.717) is 49.6 Å². The first-order valence-electron chi connectivity index (χ1n) is 10.3. The number of amides is 1. The number of fused-ring (bicyclic) bond motifs is 1. The van der Waals surface area contributed by atoms with Gasteiger partial charge in [-0.05, 0) is 24.6 Å². The lowest BCUT2D eigenvalue weighted by Crippen LogP contribution is -2.36. The second-order valence-electron chi connectivity index (χ2n) is 7.43. The van der Waals surface area contributed by atoms with Crippen molar-refractivity contribution < 1.29 is 26.7 Å². The molecule has 13 heteroatoms. The molecule has 0 spiro atoms. The number of nitrogens with zero attached hydrogens (tertiary/aromatic N) is 3. The minimum Gasteiger partial charge on any atom is -0.378 e. The van der Waals surface area contributed by atoms with E-state index in [4.69, 9.17) is 4.74 Å². The molecule has 0 unspecified atom stereocenters. The van der Waals surface area contributed by atoms with E-state index in [-0.39, 0.29) is 11.4 Å². The topological polar surface area (TPSA) is 129 Å². The highest BCUT2D eigenvalue weighted by Gasteiger charge is 2.24. The van der Waals surface area contributed by atoms with Crippen LogP contribution in [0.15, 0.2) is 24.4 Å². The smallest absolute Gasteiger partial charge is 0.261 e. The number of nitrogens with one attached hydrogen (secondary N) is 3. The zero-order chi connectivity index (χ0) is 23.6. The van der Waals surface area contributed by atoms with Crippen molar-refractivity contribution in [3.05, 3.63) is 41.6 Å². The largest absolute Gasteiger partial charge is 0.378 e. The molecule has 1 amide bonds. The summed E-state index contributed by atoms with van der Waals surface area (Å²) < 4.78 is 60.6. The monoisotopic (exact) mass is 480 g/mol. The Kier molecular flexibility index (Phi) is 6.42. The molecule has 3 heterocycles. The Morgan fingerprint density at radius 1 is 1.27 bits per heavy atom.